The van der Waals surface area contributed by atoms with Crippen molar-refractivity contribution in [2.24, 2.45) is 0 Å². The number of para-hydroxylation sites is 1. The molecule has 5 aromatic rings. The standard InChI is InChI=1S/C31H26FN7O5/c1-43-29-17-27(37-12-14-44-15-13-37)28(39(41)42)16-25(29)35-31-33-11-10-24(34-31)23-4-2-3-5-26(23)38-18-21(19-40)30(36-38)20-6-8-22(32)9-7-20/h2-11,16-19H,12-15H2,1H3,(H,33,34,35). The van der Waals surface area contributed by atoms with Crippen molar-refractivity contribution in [2.75, 3.05) is 43.6 Å². The Labute approximate surface area is 250 Å². The van der Waals surface area contributed by atoms with Gasteiger partial charge in [0.05, 0.1) is 47.9 Å². The van der Waals surface area contributed by atoms with E-state index in [1.165, 1.54) is 25.3 Å². The predicted molar refractivity (Wildman–Crippen MR) is 161 cm³/mol. The number of aldehydes is 1. The van der Waals surface area contributed by atoms with Gasteiger partial charge >= 0.3 is 0 Å². The van der Waals surface area contributed by atoms with Gasteiger partial charge in [0.15, 0.2) is 6.29 Å². The predicted octanol–water partition coefficient (Wildman–Crippen LogP) is 5.44. The molecule has 222 valence electrons. The number of methoxy groups -OCH3 is 1. The van der Waals surface area contributed by atoms with Crippen molar-refractivity contribution in [3.05, 3.63) is 101 Å². The lowest BCUT2D eigenvalue weighted by atomic mass is 10.1. The number of nitrogens with one attached hydrogen (secondary N) is 1. The lowest BCUT2D eigenvalue weighted by Crippen LogP contribution is -2.36. The first-order valence-corrected chi connectivity index (χ1v) is 13.6. The fourth-order valence-corrected chi connectivity index (χ4v) is 5.04. The van der Waals surface area contributed by atoms with Crippen LogP contribution in [0.3, 0.4) is 0 Å². The van der Waals surface area contributed by atoms with Gasteiger partial charge in [-0.2, -0.15) is 5.10 Å². The van der Waals surface area contributed by atoms with Crippen LogP contribution in [0.25, 0.3) is 28.2 Å². The van der Waals surface area contributed by atoms with Crippen LogP contribution in [-0.2, 0) is 4.74 Å². The Morgan fingerprint density at radius 2 is 1.84 bits per heavy atom. The molecule has 0 saturated carbocycles. The number of rotatable bonds is 9. The normalized spacial score (nSPS) is 13.0. The zero-order valence-electron chi connectivity index (χ0n) is 23.5. The van der Waals surface area contributed by atoms with Crippen molar-refractivity contribution < 1.29 is 23.6 Å². The van der Waals surface area contributed by atoms with Crippen LogP contribution in [-0.4, -0.2) is 64.4 Å². The molecule has 6 rings (SSSR count). The van der Waals surface area contributed by atoms with Gasteiger partial charge in [-0.1, -0.05) is 18.2 Å². The number of anilines is 3. The van der Waals surface area contributed by atoms with E-state index in [1.54, 1.807) is 41.3 Å². The van der Waals surface area contributed by atoms with E-state index in [9.17, 15) is 19.3 Å². The summed E-state index contributed by atoms with van der Waals surface area (Å²) in [5.74, 6) is 0.183. The number of aromatic nitrogens is 4. The molecule has 1 N–H and O–H groups in total. The molecule has 3 heterocycles. The number of morpholine rings is 1. The van der Waals surface area contributed by atoms with E-state index in [2.05, 4.69) is 20.4 Å². The van der Waals surface area contributed by atoms with Crippen LogP contribution in [0.5, 0.6) is 5.75 Å². The number of carbonyl (C=O) groups excluding carboxylic acids is 1. The van der Waals surface area contributed by atoms with E-state index in [4.69, 9.17) is 9.47 Å². The monoisotopic (exact) mass is 595 g/mol. The SMILES string of the molecule is COc1cc(N2CCOCC2)c([N+](=O)[O-])cc1Nc1nccc(-c2ccccc2-n2cc(C=O)c(-c3ccc(F)cc3)n2)n1. The van der Waals surface area contributed by atoms with E-state index >= 15 is 0 Å². The Morgan fingerprint density at radius 3 is 2.57 bits per heavy atom. The summed E-state index contributed by atoms with van der Waals surface area (Å²) in [6.07, 6.45) is 3.87. The number of nitro benzene ring substituents is 1. The number of hydrogen-bond acceptors (Lipinski definition) is 10. The zero-order valence-corrected chi connectivity index (χ0v) is 23.5. The quantitative estimate of drug-likeness (QED) is 0.133. The molecule has 0 bridgehead atoms. The van der Waals surface area contributed by atoms with Crippen LogP contribution in [0.15, 0.2) is 79.1 Å². The third kappa shape index (κ3) is 5.68. The van der Waals surface area contributed by atoms with E-state index in [0.717, 1.165) is 0 Å². The van der Waals surface area contributed by atoms with E-state index in [0.29, 0.717) is 83.5 Å². The smallest absolute Gasteiger partial charge is 0.294 e. The van der Waals surface area contributed by atoms with Crippen LogP contribution in [0, 0.1) is 15.9 Å². The number of hydrogen-bond donors (Lipinski definition) is 1. The summed E-state index contributed by atoms with van der Waals surface area (Å²) < 4.78 is 26.1. The van der Waals surface area contributed by atoms with Crippen molar-refractivity contribution in [1.29, 1.82) is 0 Å². The molecule has 0 unspecified atom stereocenters. The molecular weight excluding hydrogens is 569 g/mol. The second-order valence-electron chi connectivity index (χ2n) is 9.81. The number of benzene rings is 3. The highest BCUT2D eigenvalue weighted by Crippen LogP contribution is 2.40. The van der Waals surface area contributed by atoms with Crippen molar-refractivity contribution in [3.8, 4) is 34.0 Å². The Balaban J connectivity index is 1.35. The van der Waals surface area contributed by atoms with Gasteiger partial charge in [0.25, 0.3) is 5.69 Å². The van der Waals surface area contributed by atoms with Gasteiger partial charge in [0.1, 0.15) is 22.9 Å². The number of nitrogens with zero attached hydrogens (tertiary/aromatic N) is 6. The summed E-state index contributed by atoms with van der Waals surface area (Å²) in [4.78, 5) is 34.4. The summed E-state index contributed by atoms with van der Waals surface area (Å²) in [6, 6.07) is 17.9. The molecular formula is C31H26FN7O5. The molecule has 0 radical (unpaired) electrons. The van der Waals surface area contributed by atoms with E-state index in [1.807, 2.05) is 29.2 Å². The van der Waals surface area contributed by atoms with Crippen molar-refractivity contribution in [3.63, 3.8) is 0 Å². The Kier molecular flexibility index (Phi) is 7.93. The molecule has 0 amide bonds. The summed E-state index contributed by atoms with van der Waals surface area (Å²) in [5.41, 5.74) is 3.88. The van der Waals surface area contributed by atoms with Gasteiger partial charge in [0, 0.05) is 48.7 Å². The molecule has 1 saturated heterocycles. The van der Waals surface area contributed by atoms with E-state index in [-0.39, 0.29) is 17.5 Å². The molecule has 0 aliphatic carbocycles. The maximum absolute atomic E-state index is 13.5. The third-order valence-electron chi connectivity index (χ3n) is 7.16. The second kappa shape index (κ2) is 12.3. The van der Waals surface area contributed by atoms with Gasteiger partial charge in [-0.3, -0.25) is 14.9 Å². The second-order valence-corrected chi connectivity index (χ2v) is 9.81. The van der Waals surface area contributed by atoms with Gasteiger partial charge in [-0.25, -0.2) is 19.0 Å². The molecule has 1 aliphatic rings. The molecule has 3 aromatic carbocycles. The molecule has 12 nitrogen and oxygen atoms in total. The maximum atomic E-state index is 13.5. The minimum absolute atomic E-state index is 0.0849. The van der Waals surface area contributed by atoms with Crippen molar-refractivity contribution in [1.82, 2.24) is 19.7 Å². The van der Waals surface area contributed by atoms with Gasteiger partial charge in [0.2, 0.25) is 5.95 Å². The Morgan fingerprint density at radius 1 is 1.07 bits per heavy atom. The Hall–Kier alpha value is -5.69. The fourth-order valence-electron chi connectivity index (χ4n) is 5.04. The fraction of sp³-hybridized carbons (Fsp3) is 0.161. The highest BCUT2D eigenvalue weighted by Gasteiger charge is 2.25. The molecule has 1 fully saturated rings. The van der Waals surface area contributed by atoms with E-state index < -0.39 is 4.92 Å². The lowest BCUT2D eigenvalue weighted by molar-refractivity contribution is -0.384. The van der Waals surface area contributed by atoms with Gasteiger partial charge < -0.3 is 19.7 Å². The first-order chi connectivity index (χ1) is 21.4. The summed E-state index contributed by atoms with van der Waals surface area (Å²) in [5, 5.41) is 19.7. The lowest BCUT2D eigenvalue weighted by Gasteiger charge is -2.29. The summed E-state index contributed by atoms with van der Waals surface area (Å²) >= 11 is 0. The summed E-state index contributed by atoms with van der Waals surface area (Å²) in [6.45, 7) is 2.00. The molecule has 44 heavy (non-hydrogen) atoms. The van der Waals surface area contributed by atoms with Crippen LogP contribution >= 0.6 is 0 Å². The molecule has 1 aliphatic heterocycles. The first-order valence-electron chi connectivity index (χ1n) is 13.6. The topological polar surface area (TPSA) is 138 Å². The van der Waals surface area contributed by atoms with Crippen molar-refractivity contribution in [2.45, 2.75) is 0 Å². The number of carbonyl (C=O) groups is 1. The van der Waals surface area contributed by atoms with Crippen molar-refractivity contribution >= 4 is 29.3 Å². The average molecular weight is 596 g/mol. The largest absolute Gasteiger partial charge is 0.494 e. The Bertz CT molecular complexity index is 1840. The average Bonchev–Trinajstić information content (AvgIpc) is 3.50. The number of ether oxygens (including phenoxy) is 2. The summed E-state index contributed by atoms with van der Waals surface area (Å²) in [7, 11) is 1.49. The highest BCUT2D eigenvalue weighted by atomic mass is 19.1. The third-order valence-corrected chi connectivity index (χ3v) is 7.16. The molecule has 0 spiro atoms. The zero-order chi connectivity index (χ0) is 30.6. The van der Waals surface area contributed by atoms with Gasteiger partial charge in [-0.15, -0.1) is 0 Å². The minimum Gasteiger partial charge on any atom is -0.494 e. The molecule has 2 aromatic heterocycles. The molecule has 13 heteroatoms. The van der Waals surface area contributed by atoms with Gasteiger partial charge in [-0.05, 0) is 36.4 Å². The first kappa shape index (κ1) is 28.4. The number of nitro groups is 1. The highest BCUT2D eigenvalue weighted by molar-refractivity contribution is 5.86. The minimum atomic E-state index is -0.430. The van der Waals surface area contributed by atoms with Crippen LogP contribution in [0.4, 0.5) is 27.4 Å². The van der Waals surface area contributed by atoms with Crippen LogP contribution in [0.2, 0.25) is 0 Å². The number of halogens is 1. The van der Waals surface area contributed by atoms with Crippen LogP contribution < -0.4 is 15.0 Å². The maximum Gasteiger partial charge on any atom is 0.294 e. The van der Waals surface area contributed by atoms with Crippen LogP contribution in [0.1, 0.15) is 10.4 Å². The molecule has 0 atom stereocenters.